The van der Waals surface area contributed by atoms with Gasteiger partial charge in [-0.2, -0.15) is 15.0 Å². The van der Waals surface area contributed by atoms with Crippen LogP contribution in [-0.4, -0.2) is 40.1 Å². The molecule has 0 unspecified atom stereocenters. The maximum atomic E-state index is 12.0. The minimum absolute atomic E-state index is 0.00255. The van der Waals surface area contributed by atoms with Crippen LogP contribution in [-0.2, 0) is 9.47 Å². The van der Waals surface area contributed by atoms with E-state index in [1.165, 1.54) is 0 Å². The van der Waals surface area contributed by atoms with Crippen molar-refractivity contribution >= 4 is 46.8 Å². The molecule has 1 heterocycles. The average molecular weight is 498 g/mol. The number of nitrogens with zero attached hydrogens (tertiary/aromatic N) is 3. The van der Waals surface area contributed by atoms with Gasteiger partial charge in [-0.1, -0.05) is 26.7 Å². The number of hydrogen-bond donors (Lipinski definition) is 2. The van der Waals surface area contributed by atoms with Crippen LogP contribution < -0.4 is 10.6 Å². The van der Waals surface area contributed by atoms with Gasteiger partial charge < -0.3 is 20.1 Å². The Balaban J connectivity index is 1.62. The molecule has 0 saturated carbocycles. The van der Waals surface area contributed by atoms with E-state index >= 15 is 0 Å². The first kappa shape index (κ1) is 25.9. The second-order valence-corrected chi connectivity index (χ2v) is 7.97. The molecule has 3 aromatic rings. The van der Waals surface area contributed by atoms with E-state index in [1.54, 1.807) is 48.5 Å². The molecule has 9 nitrogen and oxygen atoms in total. The lowest BCUT2D eigenvalue weighted by Gasteiger charge is -2.10. The van der Waals surface area contributed by atoms with Crippen LogP contribution in [0.25, 0.3) is 0 Å². The normalized spacial score (nSPS) is 10.5. The Labute approximate surface area is 209 Å². The molecule has 3 rings (SSSR count). The van der Waals surface area contributed by atoms with Crippen LogP contribution in [0.2, 0.25) is 5.28 Å². The van der Waals surface area contributed by atoms with Gasteiger partial charge in [-0.3, -0.25) is 0 Å². The number of ether oxygens (including phenoxy) is 2. The molecule has 0 saturated heterocycles. The number of halogens is 1. The highest BCUT2D eigenvalue weighted by atomic mass is 35.5. The quantitative estimate of drug-likeness (QED) is 0.232. The zero-order valence-corrected chi connectivity index (χ0v) is 20.5. The van der Waals surface area contributed by atoms with E-state index in [2.05, 4.69) is 25.6 Å². The largest absolute Gasteiger partial charge is 0.462 e. The molecule has 0 aliphatic rings. The fraction of sp³-hybridized carbons (Fsp3) is 0.320. The van der Waals surface area contributed by atoms with Crippen LogP contribution in [0, 0.1) is 0 Å². The molecule has 0 aliphatic carbocycles. The number of anilines is 4. The number of nitrogens with one attached hydrogen (secondary N) is 2. The van der Waals surface area contributed by atoms with Gasteiger partial charge >= 0.3 is 11.9 Å². The minimum atomic E-state index is -0.361. The van der Waals surface area contributed by atoms with E-state index in [4.69, 9.17) is 21.1 Å². The van der Waals surface area contributed by atoms with Crippen LogP contribution in [0.3, 0.4) is 0 Å². The average Bonchev–Trinajstić information content (AvgIpc) is 2.85. The summed E-state index contributed by atoms with van der Waals surface area (Å²) >= 11 is 6.07. The lowest BCUT2D eigenvalue weighted by Crippen LogP contribution is -2.07. The van der Waals surface area contributed by atoms with E-state index in [0.717, 1.165) is 25.7 Å². The Morgan fingerprint density at radius 1 is 0.714 bits per heavy atom. The van der Waals surface area contributed by atoms with E-state index < -0.39 is 0 Å². The van der Waals surface area contributed by atoms with Crippen molar-refractivity contribution in [3.8, 4) is 0 Å². The van der Waals surface area contributed by atoms with E-state index in [9.17, 15) is 9.59 Å². The lowest BCUT2D eigenvalue weighted by atomic mass is 10.2. The Bertz CT molecular complexity index is 1040. The number of esters is 2. The van der Waals surface area contributed by atoms with Gasteiger partial charge in [0.25, 0.3) is 0 Å². The molecule has 0 radical (unpaired) electrons. The summed E-state index contributed by atoms with van der Waals surface area (Å²) in [5.41, 5.74) is 2.24. The molecule has 10 heteroatoms. The molecule has 1 aromatic heterocycles. The van der Waals surface area contributed by atoms with Gasteiger partial charge in [0, 0.05) is 11.4 Å². The highest BCUT2D eigenvalue weighted by Crippen LogP contribution is 2.20. The summed E-state index contributed by atoms with van der Waals surface area (Å²) in [7, 11) is 0. The summed E-state index contributed by atoms with van der Waals surface area (Å²) in [6.07, 6.45) is 3.58. The summed E-state index contributed by atoms with van der Waals surface area (Å²) in [6, 6.07) is 13.5. The first-order chi connectivity index (χ1) is 17.0. The van der Waals surface area contributed by atoms with Crippen molar-refractivity contribution < 1.29 is 19.1 Å². The van der Waals surface area contributed by atoms with Gasteiger partial charge in [0.2, 0.25) is 17.2 Å². The zero-order chi connectivity index (χ0) is 25.0. The molecule has 0 atom stereocenters. The third-order valence-electron chi connectivity index (χ3n) is 4.82. The Morgan fingerprint density at radius 3 is 1.49 bits per heavy atom. The number of hydrogen-bond acceptors (Lipinski definition) is 9. The van der Waals surface area contributed by atoms with Gasteiger partial charge in [0.05, 0.1) is 24.3 Å². The molecular weight excluding hydrogens is 470 g/mol. The van der Waals surface area contributed by atoms with E-state index in [-0.39, 0.29) is 29.1 Å². The van der Waals surface area contributed by atoms with Crippen LogP contribution in [0.5, 0.6) is 0 Å². The maximum Gasteiger partial charge on any atom is 0.338 e. The van der Waals surface area contributed by atoms with Crippen molar-refractivity contribution in [3.63, 3.8) is 0 Å². The lowest BCUT2D eigenvalue weighted by molar-refractivity contribution is 0.0490. The molecule has 184 valence electrons. The third-order valence-corrected chi connectivity index (χ3v) is 4.99. The number of benzene rings is 2. The topological polar surface area (TPSA) is 115 Å². The molecular formula is C25H28ClN5O4. The van der Waals surface area contributed by atoms with Crippen molar-refractivity contribution in [1.82, 2.24) is 15.0 Å². The standard InChI is InChI=1S/C25H28ClN5O4/c1-3-5-15-34-21(32)17-7-11-19(12-8-17)27-24-29-23(26)30-25(31-24)28-20-13-9-18(10-14-20)22(33)35-16-6-4-2/h7-14H,3-6,15-16H2,1-2H3,(H2,27,28,29,30,31). The number of rotatable bonds is 12. The molecule has 0 aliphatic heterocycles. The van der Waals surface area contributed by atoms with Crippen molar-refractivity contribution in [2.24, 2.45) is 0 Å². The van der Waals surface area contributed by atoms with E-state index in [0.29, 0.717) is 35.7 Å². The number of carbonyl (C=O) groups excluding carboxylic acids is 2. The maximum absolute atomic E-state index is 12.0. The predicted molar refractivity (Wildman–Crippen MR) is 135 cm³/mol. The molecule has 0 fully saturated rings. The van der Waals surface area contributed by atoms with Gasteiger partial charge in [-0.05, 0) is 73.0 Å². The summed E-state index contributed by atoms with van der Waals surface area (Å²) in [5, 5.41) is 6.07. The second-order valence-electron chi connectivity index (χ2n) is 7.64. The summed E-state index contributed by atoms with van der Waals surface area (Å²) < 4.78 is 10.4. The Morgan fingerprint density at radius 2 is 1.11 bits per heavy atom. The molecule has 35 heavy (non-hydrogen) atoms. The molecule has 0 spiro atoms. The van der Waals surface area contributed by atoms with Gasteiger partial charge in [-0.15, -0.1) is 0 Å². The second kappa shape index (κ2) is 13.2. The van der Waals surface area contributed by atoms with Gasteiger partial charge in [0.1, 0.15) is 0 Å². The first-order valence-electron chi connectivity index (χ1n) is 11.5. The fourth-order valence-corrected chi connectivity index (χ4v) is 3.04. The molecule has 2 aromatic carbocycles. The minimum Gasteiger partial charge on any atom is -0.462 e. The van der Waals surface area contributed by atoms with Crippen molar-refractivity contribution in [3.05, 3.63) is 64.9 Å². The highest BCUT2D eigenvalue weighted by Gasteiger charge is 2.10. The number of carbonyl (C=O) groups is 2. The molecule has 0 bridgehead atoms. The number of aromatic nitrogens is 3. The zero-order valence-electron chi connectivity index (χ0n) is 19.7. The third kappa shape index (κ3) is 8.22. The van der Waals surface area contributed by atoms with Crippen molar-refractivity contribution in [1.29, 1.82) is 0 Å². The monoisotopic (exact) mass is 497 g/mol. The smallest absolute Gasteiger partial charge is 0.338 e. The highest BCUT2D eigenvalue weighted by molar-refractivity contribution is 6.28. The summed E-state index contributed by atoms with van der Waals surface area (Å²) in [5.74, 6) is -0.274. The fourth-order valence-electron chi connectivity index (χ4n) is 2.88. The summed E-state index contributed by atoms with van der Waals surface area (Å²) in [4.78, 5) is 36.6. The van der Waals surface area contributed by atoms with Crippen molar-refractivity contribution in [2.45, 2.75) is 39.5 Å². The van der Waals surface area contributed by atoms with Crippen LogP contribution in [0.4, 0.5) is 23.3 Å². The van der Waals surface area contributed by atoms with Crippen LogP contribution in [0.15, 0.2) is 48.5 Å². The van der Waals surface area contributed by atoms with Gasteiger partial charge in [0.15, 0.2) is 0 Å². The molecule has 0 amide bonds. The van der Waals surface area contributed by atoms with Crippen LogP contribution in [0.1, 0.15) is 60.2 Å². The van der Waals surface area contributed by atoms with E-state index in [1.807, 2.05) is 13.8 Å². The van der Waals surface area contributed by atoms with Gasteiger partial charge in [-0.25, -0.2) is 9.59 Å². The SMILES string of the molecule is CCCCOC(=O)c1ccc(Nc2nc(Cl)nc(Nc3ccc(C(=O)OCCCC)cc3)n2)cc1. The summed E-state index contributed by atoms with van der Waals surface area (Å²) in [6.45, 7) is 4.87. The first-order valence-corrected chi connectivity index (χ1v) is 11.9. The number of unbranched alkanes of at least 4 members (excludes halogenated alkanes) is 2. The predicted octanol–water partition coefficient (Wildman–Crippen LogP) is 5.93. The Kier molecular flexibility index (Phi) is 9.80. The molecule has 2 N–H and O–H groups in total. The van der Waals surface area contributed by atoms with Crippen molar-refractivity contribution in [2.75, 3.05) is 23.8 Å². The van der Waals surface area contributed by atoms with Crippen LogP contribution >= 0.6 is 11.6 Å². The Hall–Kier alpha value is -3.72.